The van der Waals surface area contributed by atoms with Gasteiger partial charge in [-0.2, -0.15) is 0 Å². The molecular weight excluding hydrogens is 266 g/mol. The number of amides is 1. The highest BCUT2D eigenvalue weighted by atomic mass is 16.2. The van der Waals surface area contributed by atoms with Crippen molar-refractivity contribution in [2.24, 2.45) is 0 Å². The molecule has 0 aromatic carbocycles. The first-order valence-electron chi connectivity index (χ1n) is 7.08. The minimum absolute atomic E-state index is 0.0122. The number of aromatic nitrogens is 3. The van der Waals surface area contributed by atoms with Gasteiger partial charge in [-0.15, -0.1) is 0 Å². The standard InChI is InChI=1S/C15H17N5O/c21-14(20-9-1-2-10-20)13-5-8-17-15(19-13)18-11-12-3-6-16-7-4-12/h3-8H,1-2,9-11H2,(H,17,18,19). The lowest BCUT2D eigenvalue weighted by atomic mass is 10.3. The van der Waals surface area contributed by atoms with E-state index in [2.05, 4.69) is 20.3 Å². The Morgan fingerprint density at radius 3 is 2.67 bits per heavy atom. The molecule has 0 radical (unpaired) electrons. The maximum atomic E-state index is 12.3. The zero-order chi connectivity index (χ0) is 14.5. The third kappa shape index (κ3) is 3.34. The normalized spacial score (nSPS) is 14.2. The summed E-state index contributed by atoms with van der Waals surface area (Å²) in [4.78, 5) is 26.5. The van der Waals surface area contributed by atoms with Crippen LogP contribution in [-0.2, 0) is 6.54 Å². The van der Waals surface area contributed by atoms with Crippen LogP contribution < -0.4 is 5.32 Å². The van der Waals surface area contributed by atoms with Crippen LogP contribution in [0.25, 0.3) is 0 Å². The molecule has 1 saturated heterocycles. The average Bonchev–Trinajstić information content (AvgIpc) is 3.08. The number of nitrogens with one attached hydrogen (secondary N) is 1. The quantitative estimate of drug-likeness (QED) is 0.925. The molecule has 1 aliphatic heterocycles. The Balaban J connectivity index is 1.66. The molecule has 6 nitrogen and oxygen atoms in total. The number of rotatable bonds is 4. The van der Waals surface area contributed by atoms with Gasteiger partial charge in [-0.25, -0.2) is 9.97 Å². The molecule has 0 bridgehead atoms. The van der Waals surface area contributed by atoms with Gasteiger partial charge in [0.15, 0.2) is 0 Å². The van der Waals surface area contributed by atoms with Gasteiger partial charge in [0.05, 0.1) is 0 Å². The van der Waals surface area contributed by atoms with E-state index < -0.39 is 0 Å². The SMILES string of the molecule is O=C(c1ccnc(NCc2ccncc2)n1)N1CCCC1. The molecular formula is C15H17N5O. The molecule has 1 fully saturated rings. The maximum Gasteiger partial charge on any atom is 0.272 e. The highest BCUT2D eigenvalue weighted by molar-refractivity contribution is 5.92. The molecule has 3 heterocycles. The van der Waals surface area contributed by atoms with Gasteiger partial charge in [-0.05, 0) is 36.6 Å². The molecule has 1 N–H and O–H groups in total. The Morgan fingerprint density at radius 1 is 1.14 bits per heavy atom. The van der Waals surface area contributed by atoms with E-state index in [1.165, 1.54) is 0 Å². The van der Waals surface area contributed by atoms with Crippen LogP contribution in [0.3, 0.4) is 0 Å². The molecule has 1 aliphatic rings. The molecule has 3 rings (SSSR count). The Kier molecular flexibility index (Phi) is 4.04. The van der Waals surface area contributed by atoms with Crippen molar-refractivity contribution < 1.29 is 4.79 Å². The summed E-state index contributed by atoms with van der Waals surface area (Å²) in [5, 5.41) is 3.13. The first-order valence-corrected chi connectivity index (χ1v) is 7.08. The zero-order valence-electron chi connectivity index (χ0n) is 11.7. The van der Waals surface area contributed by atoms with Crippen LogP contribution in [0.4, 0.5) is 5.95 Å². The van der Waals surface area contributed by atoms with Gasteiger partial charge in [0.25, 0.3) is 5.91 Å². The summed E-state index contributed by atoms with van der Waals surface area (Å²) in [6.07, 6.45) is 7.25. The van der Waals surface area contributed by atoms with Gasteiger partial charge < -0.3 is 10.2 Å². The van der Waals surface area contributed by atoms with Gasteiger partial charge in [0, 0.05) is 38.2 Å². The van der Waals surface area contributed by atoms with E-state index in [1.54, 1.807) is 24.7 Å². The van der Waals surface area contributed by atoms with E-state index in [-0.39, 0.29) is 5.91 Å². The summed E-state index contributed by atoms with van der Waals surface area (Å²) in [6.45, 7) is 2.25. The Morgan fingerprint density at radius 2 is 1.90 bits per heavy atom. The minimum atomic E-state index is -0.0122. The van der Waals surface area contributed by atoms with E-state index >= 15 is 0 Å². The monoisotopic (exact) mass is 283 g/mol. The molecule has 2 aromatic rings. The fraction of sp³-hybridized carbons (Fsp3) is 0.333. The summed E-state index contributed by atoms with van der Waals surface area (Å²) in [5.74, 6) is 0.457. The molecule has 21 heavy (non-hydrogen) atoms. The van der Waals surface area contributed by atoms with Crippen LogP contribution in [0.2, 0.25) is 0 Å². The van der Waals surface area contributed by atoms with Crippen molar-refractivity contribution in [1.82, 2.24) is 19.9 Å². The van der Waals surface area contributed by atoms with E-state index in [1.807, 2.05) is 17.0 Å². The first kappa shape index (κ1) is 13.5. The number of carbonyl (C=O) groups is 1. The summed E-state index contributed by atoms with van der Waals surface area (Å²) in [5.41, 5.74) is 1.54. The predicted octanol–water partition coefficient (Wildman–Crippen LogP) is 1.72. The van der Waals surface area contributed by atoms with E-state index in [4.69, 9.17) is 0 Å². The number of pyridine rings is 1. The van der Waals surface area contributed by atoms with Gasteiger partial charge in [-0.1, -0.05) is 0 Å². The topological polar surface area (TPSA) is 71.0 Å². The van der Waals surface area contributed by atoms with Crippen LogP contribution >= 0.6 is 0 Å². The smallest absolute Gasteiger partial charge is 0.272 e. The summed E-state index contributed by atoms with van der Waals surface area (Å²) < 4.78 is 0. The third-order valence-corrected chi connectivity index (χ3v) is 3.47. The lowest BCUT2D eigenvalue weighted by molar-refractivity contribution is 0.0787. The number of carbonyl (C=O) groups excluding carboxylic acids is 1. The van der Waals surface area contributed by atoms with Gasteiger partial charge in [0.2, 0.25) is 5.95 Å². The molecule has 0 unspecified atom stereocenters. The van der Waals surface area contributed by atoms with Crippen molar-refractivity contribution in [1.29, 1.82) is 0 Å². The average molecular weight is 283 g/mol. The molecule has 1 amide bonds. The molecule has 0 aliphatic carbocycles. The summed E-state index contributed by atoms with van der Waals surface area (Å²) >= 11 is 0. The van der Waals surface area contributed by atoms with Crippen LogP contribution in [0.15, 0.2) is 36.8 Å². The zero-order valence-corrected chi connectivity index (χ0v) is 11.7. The van der Waals surface area contributed by atoms with Gasteiger partial charge >= 0.3 is 0 Å². The van der Waals surface area contributed by atoms with Crippen molar-refractivity contribution in [3.05, 3.63) is 48.0 Å². The maximum absolute atomic E-state index is 12.3. The Bertz CT molecular complexity index is 610. The van der Waals surface area contributed by atoms with E-state index in [0.717, 1.165) is 31.5 Å². The highest BCUT2D eigenvalue weighted by Gasteiger charge is 2.20. The molecule has 108 valence electrons. The number of anilines is 1. The van der Waals surface area contributed by atoms with Gasteiger partial charge in [-0.3, -0.25) is 9.78 Å². The largest absolute Gasteiger partial charge is 0.350 e. The summed E-state index contributed by atoms with van der Waals surface area (Å²) in [7, 11) is 0. The number of hydrogen-bond donors (Lipinski definition) is 1. The van der Waals surface area contributed by atoms with Crippen molar-refractivity contribution in [3.8, 4) is 0 Å². The van der Waals surface area contributed by atoms with Crippen LogP contribution in [-0.4, -0.2) is 38.8 Å². The van der Waals surface area contributed by atoms with Crippen LogP contribution in [0.1, 0.15) is 28.9 Å². The van der Waals surface area contributed by atoms with Crippen molar-refractivity contribution in [3.63, 3.8) is 0 Å². The van der Waals surface area contributed by atoms with E-state index in [0.29, 0.717) is 18.2 Å². The number of nitrogens with zero attached hydrogens (tertiary/aromatic N) is 4. The predicted molar refractivity (Wildman–Crippen MR) is 78.7 cm³/mol. The second-order valence-corrected chi connectivity index (χ2v) is 4.97. The highest BCUT2D eigenvalue weighted by Crippen LogP contribution is 2.12. The second kappa shape index (κ2) is 6.30. The molecule has 0 spiro atoms. The van der Waals surface area contributed by atoms with Crippen LogP contribution in [0.5, 0.6) is 0 Å². The fourth-order valence-electron chi connectivity index (χ4n) is 2.33. The molecule has 0 saturated carbocycles. The lowest BCUT2D eigenvalue weighted by Gasteiger charge is -2.14. The third-order valence-electron chi connectivity index (χ3n) is 3.47. The van der Waals surface area contributed by atoms with Crippen molar-refractivity contribution in [2.75, 3.05) is 18.4 Å². The number of hydrogen-bond acceptors (Lipinski definition) is 5. The molecule has 0 atom stereocenters. The Hall–Kier alpha value is -2.50. The van der Waals surface area contributed by atoms with Gasteiger partial charge in [0.1, 0.15) is 5.69 Å². The first-order chi connectivity index (χ1) is 10.3. The molecule has 2 aromatic heterocycles. The second-order valence-electron chi connectivity index (χ2n) is 4.97. The van der Waals surface area contributed by atoms with Crippen molar-refractivity contribution in [2.45, 2.75) is 19.4 Å². The fourth-order valence-corrected chi connectivity index (χ4v) is 2.33. The Labute approximate surface area is 123 Å². The lowest BCUT2D eigenvalue weighted by Crippen LogP contribution is -2.28. The van der Waals surface area contributed by atoms with Crippen molar-refractivity contribution >= 4 is 11.9 Å². The van der Waals surface area contributed by atoms with Crippen LogP contribution in [0, 0.1) is 0 Å². The number of likely N-dealkylation sites (tertiary alicyclic amines) is 1. The summed E-state index contributed by atoms with van der Waals surface area (Å²) in [6, 6.07) is 5.51. The molecule has 6 heteroatoms. The van der Waals surface area contributed by atoms with E-state index in [9.17, 15) is 4.79 Å². The minimum Gasteiger partial charge on any atom is -0.350 e.